The molecule has 0 unspecified atom stereocenters. The lowest BCUT2D eigenvalue weighted by Crippen LogP contribution is -2.29. The highest BCUT2D eigenvalue weighted by Crippen LogP contribution is 2.31. The van der Waals surface area contributed by atoms with Crippen molar-refractivity contribution in [1.82, 2.24) is 9.88 Å². The number of nitrogens with zero attached hydrogens (tertiary/aromatic N) is 2. The van der Waals surface area contributed by atoms with E-state index in [-0.39, 0.29) is 11.9 Å². The molecule has 1 aliphatic heterocycles. The third-order valence-electron chi connectivity index (χ3n) is 4.13. The summed E-state index contributed by atoms with van der Waals surface area (Å²) in [5.41, 5.74) is 3.07. The van der Waals surface area contributed by atoms with Crippen LogP contribution in [0.1, 0.15) is 37.1 Å². The summed E-state index contributed by atoms with van der Waals surface area (Å²) in [7, 11) is 0. The molecular formula is C19H20N2O. The summed E-state index contributed by atoms with van der Waals surface area (Å²) in [6, 6.07) is 16.0. The number of hydrogen-bond donors (Lipinski definition) is 0. The van der Waals surface area contributed by atoms with Gasteiger partial charge in [-0.05, 0) is 43.0 Å². The lowest BCUT2D eigenvalue weighted by Gasteiger charge is -2.23. The summed E-state index contributed by atoms with van der Waals surface area (Å²) >= 11 is 0. The number of hydrogen-bond acceptors (Lipinski definition) is 2. The predicted molar refractivity (Wildman–Crippen MR) is 88.0 cm³/mol. The topological polar surface area (TPSA) is 33.2 Å². The normalized spacial score (nSPS) is 18.5. The lowest BCUT2D eigenvalue weighted by atomic mass is 10.1. The first kappa shape index (κ1) is 14.5. The highest BCUT2D eigenvalue weighted by Gasteiger charge is 2.29. The smallest absolute Gasteiger partial charge is 0.247 e. The van der Waals surface area contributed by atoms with Crippen LogP contribution in [0.2, 0.25) is 0 Å². The zero-order valence-electron chi connectivity index (χ0n) is 12.8. The molecule has 1 atom stereocenters. The zero-order chi connectivity index (χ0) is 15.4. The van der Waals surface area contributed by atoms with Crippen LogP contribution in [0, 0.1) is 0 Å². The summed E-state index contributed by atoms with van der Waals surface area (Å²) in [5, 5.41) is 0. The van der Waals surface area contributed by atoms with E-state index in [4.69, 9.17) is 0 Å². The standard InChI is InChI=1S/C19H20N2O/c1-15(16-8-3-2-4-9-16)14-19(22)21-13-7-11-18(21)17-10-5-6-12-20-17/h2-6,8-10,12,14,18H,7,11,13H2,1H3/b15-14+/t18-/m1/s1. The molecule has 3 heteroatoms. The molecule has 1 aromatic carbocycles. The highest BCUT2D eigenvalue weighted by atomic mass is 16.2. The number of carbonyl (C=O) groups excluding carboxylic acids is 1. The van der Waals surface area contributed by atoms with Gasteiger partial charge in [0.05, 0.1) is 11.7 Å². The molecule has 0 aliphatic carbocycles. The van der Waals surface area contributed by atoms with E-state index >= 15 is 0 Å². The average Bonchev–Trinajstić information content (AvgIpc) is 3.06. The maximum atomic E-state index is 12.6. The first-order valence-corrected chi connectivity index (χ1v) is 7.71. The van der Waals surface area contributed by atoms with Crippen LogP contribution >= 0.6 is 0 Å². The molecule has 0 saturated carbocycles. The van der Waals surface area contributed by atoms with E-state index in [1.807, 2.05) is 60.4 Å². The number of aromatic nitrogens is 1. The number of pyridine rings is 1. The zero-order valence-corrected chi connectivity index (χ0v) is 12.8. The Labute approximate surface area is 131 Å². The van der Waals surface area contributed by atoms with Crippen molar-refractivity contribution in [1.29, 1.82) is 0 Å². The summed E-state index contributed by atoms with van der Waals surface area (Å²) in [5.74, 6) is 0.0782. The maximum absolute atomic E-state index is 12.6. The first-order valence-electron chi connectivity index (χ1n) is 7.71. The van der Waals surface area contributed by atoms with Crippen LogP contribution in [0.25, 0.3) is 5.57 Å². The van der Waals surface area contributed by atoms with Gasteiger partial charge in [0.25, 0.3) is 0 Å². The Morgan fingerprint density at radius 1 is 1.18 bits per heavy atom. The van der Waals surface area contributed by atoms with Crippen molar-refractivity contribution >= 4 is 11.5 Å². The molecular weight excluding hydrogens is 272 g/mol. The molecule has 0 radical (unpaired) electrons. The van der Waals surface area contributed by atoms with Crippen molar-refractivity contribution < 1.29 is 4.79 Å². The Morgan fingerprint density at radius 3 is 2.68 bits per heavy atom. The number of amides is 1. The van der Waals surface area contributed by atoms with Gasteiger partial charge in [0.1, 0.15) is 0 Å². The second kappa shape index (κ2) is 6.56. The molecule has 2 heterocycles. The van der Waals surface area contributed by atoms with Gasteiger partial charge >= 0.3 is 0 Å². The van der Waals surface area contributed by atoms with Crippen molar-refractivity contribution in [2.45, 2.75) is 25.8 Å². The summed E-state index contributed by atoms with van der Waals surface area (Å²) in [6.07, 6.45) is 5.56. The van der Waals surface area contributed by atoms with E-state index in [2.05, 4.69) is 4.98 Å². The second-order valence-electron chi connectivity index (χ2n) is 5.64. The van der Waals surface area contributed by atoms with E-state index in [9.17, 15) is 4.79 Å². The largest absolute Gasteiger partial charge is 0.331 e. The second-order valence-corrected chi connectivity index (χ2v) is 5.64. The third-order valence-corrected chi connectivity index (χ3v) is 4.13. The lowest BCUT2D eigenvalue weighted by molar-refractivity contribution is -0.126. The van der Waals surface area contributed by atoms with Crippen LogP contribution < -0.4 is 0 Å². The van der Waals surface area contributed by atoms with Gasteiger partial charge in [0, 0.05) is 18.8 Å². The molecule has 1 amide bonds. The van der Waals surface area contributed by atoms with Crippen molar-refractivity contribution in [2.75, 3.05) is 6.54 Å². The highest BCUT2D eigenvalue weighted by molar-refractivity contribution is 5.95. The maximum Gasteiger partial charge on any atom is 0.247 e. The molecule has 0 bridgehead atoms. The first-order chi connectivity index (χ1) is 10.8. The number of benzene rings is 1. The van der Waals surface area contributed by atoms with E-state index in [1.165, 1.54) is 0 Å². The van der Waals surface area contributed by atoms with Gasteiger partial charge in [-0.2, -0.15) is 0 Å². The molecule has 1 saturated heterocycles. The van der Waals surface area contributed by atoms with Crippen LogP contribution in [0.4, 0.5) is 0 Å². The van der Waals surface area contributed by atoms with Gasteiger partial charge in [0.2, 0.25) is 5.91 Å². The van der Waals surface area contributed by atoms with Crippen molar-refractivity contribution in [3.63, 3.8) is 0 Å². The third kappa shape index (κ3) is 3.08. The molecule has 0 N–H and O–H groups in total. The number of carbonyl (C=O) groups is 1. The minimum Gasteiger partial charge on any atom is -0.331 e. The number of likely N-dealkylation sites (tertiary alicyclic amines) is 1. The fourth-order valence-corrected chi connectivity index (χ4v) is 2.96. The minimum atomic E-state index is 0.0782. The fourth-order valence-electron chi connectivity index (χ4n) is 2.96. The quantitative estimate of drug-likeness (QED) is 0.805. The van der Waals surface area contributed by atoms with Crippen molar-refractivity contribution in [2.24, 2.45) is 0 Å². The molecule has 22 heavy (non-hydrogen) atoms. The molecule has 1 aliphatic rings. The summed E-state index contributed by atoms with van der Waals surface area (Å²) in [4.78, 5) is 19.0. The van der Waals surface area contributed by atoms with Crippen LogP contribution in [0.3, 0.4) is 0 Å². The van der Waals surface area contributed by atoms with Gasteiger partial charge in [0.15, 0.2) is 0 Å². The molecule has 0 spiro atoms. The monoisotopic (exact) mass is 292 g/mol. The Hall–Kier alpha value is -2.42. The van der Waals surface area contributed by atoms with Crippen LogP contribution in [0.5, 0.6) is 0 Å². The summed E-state index contributed by atoms with van der Waals surface area (Å²) in [6.45, 7) is 2.79. The van der Waals surface area contributed by atoms with Crippen LogP contribution in [-0.2, 0) is 4.79 Å². The van der Waals surface area contributed by atoms with Gasteiger partial charge < -0.3 is 4.90 Å². The fraction of sp³-hybridized carbons (Fsp3) is 0.263. The van der Waals surface area contributed by atoms with E-state index < -0.39 is 0 Å². The molecule has 1 fully saturated rings. The minimum absolute atomic E-state index is 0.0782. The predicted octanol–water partition coefficient (Wildman–Crippen LogP) is 3.85. The Balaban J connectivity index is 1.80. The van der Waals surface area contributed by atoms with Crippen LogP contribution in [0.15, 0.2) is 60.8 Å². The van der Waals surface area contributed by atoms with Crippen molar-refractivity contribution in [3.05, 3.63) is 72.1 Å². The molecule has 112 valence electrons. The molecule has 3 nitrogen and oxygen atoms in total. The Bertz CT molecular complexity index is 664. The SMILES string of the molecule is C/C(=C\C(=O)N1CCC[C@@H]1c1ccccn1)c1ccccc1. The van der Waals surface area contributed by atoms with E-state index in [0.29, 0.717) is 0 Å². The Morgan fingerprint density at radius 2 is 1.95 bits per heavy atom. The van der Waals surface area contributed by atoms with Gasteiger partial charge in [-0.1, -0.05) is 36.4 Å². The average molecular weight is 292 g/mol. The van der Waals surface area contributed by atoms with Crippen molar-refractivity contribution in [3.8, 4) is 0 Å². The van der Waals surface area contributed by atoms with Gasteiger partial charge in [-0.25, -0.2) is 0 Å². The molecule has 3 rings (SSSR count). The number of rotatable bonds is 3. The molecule has 1 aromatic heterocycles. The Kier molecular flexibility index (Phi) is 4.33. The van der Waals surface area contributed by atoms with Gasteiger partial charge in [-0.15, -0.1) is 0 Å². The van der Waals surface area contributed by atoms with E-state index in [0.717, 1.165) is 36.2 Å². The molecule has 2 aromatic rings. The summed E-state index contributed by atoms with van der Waals surface area (Å²) < 4.78 is 0. The number of allylic oxidation sites excluding steroid dienone is 1. The van der Waals surface area contributed by atoms with Gasteiger partial charge in [-0.3, -0.25) is 9.78 Å². The van der Waals surface area contributed by atoms with Crippen LogP contribution in [-0.4, -0.2) is 22.3 Å². The van der Waals surface area contributed by atoms with E-state index in [1.54, 1.807) is 12.3 Å².